The molecule has 3 aromatic carbocycles. The van der Waals surface area contributed by atoms with E-state index in [1.165, 1.54) is 26.0 Å². The fraction of sp³-hybridized carbons (Fsp3) is 0.310. The second-order valence-corrected chi connectivity index (χ2v) is 9.54. The summed E-state index contributed by atoms with van der Waals surface area (Å²) < 4.78 is 25.6. The topological polar surface area (TPSA) is 84.9 Å². The lowest BCUT2D eigenvalue weighted by Crippen LogP contribution is -2.38. The third-order valence-corrected chi connectivity index (χ3v) is 5.98. The first-order valence-corrected chi connectivity index (χ1v) is 12.5. The number of carbonyl (C=O) groups excluding carboxylic acids is 1. The highest BCUT2D eigenvalue weighted by Crippen LogP contribution is 2.28. The average Bonchev–Trinajstić information content (AvgIpc) is 2.86. The van der Waals surface area contributed by atoms with E-state index in [0.717, 1.165) is 24.0 Å². The number of halogens is 2. The van der Waals surface area contributed by atoms with E-state index in [1.807, 2.05) is 24.3 Å². The number of hydrogen-bond acceptors (Lipinski definition) is 4. The van der Waals surface area contributed by atoms with Crippen LogP contribution in [0.5, 0.6) is 11.5 Å². The van der Waals surface area contributed by atoms with Gasteiger partial charge in [-0.15, -0.1) is 0 Å². The molecule has 0 radical (unpaired) electrons. The standard InChI is InChI=1S/C29H31ClFNO5/c1-4-5-16-36-25-13-11-22(30)18-23(25)27(33)32-15-14-19-6-8-20(9-7-19)21-10-12-26(24(31)17-21)37-29(2,3)28(34)35/h6-13,17-18H,4-5,14-16H2,1-3H3,(H,32,33)(H,34,35). The van der Waals surface area contributed by atoms with Crippen molar-refractivity contribution >= 4 is 23.5 Å². The lowest BCUT2D eigenvalue weighted by molar-refractivity contribution is -0.152. The molecule has 0 heterocycles. The van der Waals surface area contributed by atoms with Gasteiger partial charge in [0.1, 0.15) is 5.75 Å². The van der Waals surface area contributed by atoms with Crippen LogP contribution in [0.3, 0.4) is 0 Å². The quantitative estimate of drug-likeness (QED) is 0.261. The van der Waals surface area contributed by atoms with Crippen LogP contribution < -0.4 is 14.8 Å². The van der Waals surface area contributed by atoms with Crippen LogP contribution in [0.15, 0.2) is 60.7 Å². The molecule has 0 bridgehead atoms. The molecule has 0 saturated carbocycles. The SMILES string of the molecule is CCCCOc1ccc(Cl)cc1C(=O)NCCc1ccc(-c2ccc(OC(C)(C)C(=O)O)c(F)c2)cc1. The van der Waals surface area contributed by atoms with Crippen LogP contribution in [-0.2, 0) is 11.2 Å². The Labute approximate surface area is 221 Å². The number of amides is 1. The first-order valence-electron chi connectivity index (χ1n) is 12.1. The molecule has 0 saturated heterocycles. The van der Waals surface area contributed by atoms with E-state index >= 15 is 0 Å². The lowest BCUT2D eigenvalue weighted by atomic mass is 10.0. The smallest absolute Gasteiger partial charge is 0.347 e. The molecular weight excluding hydrogens is 497 g/mol. The molecule has 6 nitrogen and oxygen atoms in total. The predicted molar refractivity (Wildman–Crippen MR) is 142 cm³/mol. The van der Waals surface area contributed by atoms with E-state index in [4.69, 9.17) is 21.1 Å². The zero-order valence-electron chi connectivity index (χ0n) is 21.1. The molecule has 8 heteroatoms. The maximum absolute atomic E-state index is 14.6. The van der Waals surface area contributed by atoms with E-state index in [0.29, 0.717) is 41.5 Å². The van der Waals surface area contributed by atoms with E-state index in [1.54, 1.807) is 24.3 Å². The molecule has 2 N–H and O–H groups in total. The Bertz CT molecular complexity index is 1240. The van der Waals surface area contributed by atoms with E-state index in [9.17, 15) is 19.1 Å². The van der Waals surface area contributed by atoms with Gasteiger partial charge in [-0.2, -0.15) is 0 Å². The van der Waals surface area contributed by atoms with Crippen molar-refractivity contribution in [3.63, 3.8) is 0 Å². The van der Waals surface area contributed by atoms with Crippen molar-refractivity contribution in [3.05, 3.63) is 82.6 Å². The first kappa shape index (κ1) is 28.0. The van der Waals surface area contributed by atoms with Crippen molar-refractivity contribution in [2.75, 3.05) is 13.2 Å². The predicted octanol–water partition coefficient (Wildman–Crippen LogP) is 6.54. The molecule has 0 atom stereocenters. The van der Waals surface area contributed by atoms with Crippen LogP contribution in [0.1, 0.15) is 49.5 Å². The van der Waals surface area contributed by atoms with Gasteiger partial charge in [0.15, 0.2) is 17.2 Å². The van der Waals surface area contributed by atoms with Crippen molar-refractivity contribution in [2.24, 2.45) is 0 Å². The molecule has 37 heavy (non-hydrogen) atoms. The number of aliphatic carboxylic acids is 1. The molecule has 196 valence electrons. The minimum Gasteiger partial charge on any atom is -0.493 e. The molecule has 0 aliphatic carbocycles. The normalized spacial score (nSPS) is 11.2. The van der Waals surface area contributed by atoms with Crippen molar-refractivity contribution in [3.8, 4) is 22.6 Å². The van der Waals surface area contributed by atoms with E-state index in [-0.39, 0.29) is 11.7 Å². The molecule has 0 spiro atoms. The zero-order chi connectivity index (χ0) is 27.0. The van der Waals surface area contributed by atoms with Crippen LogP contribution >= 0.6 is 11.6 Å². The third-order valence-electron chi connectivity index (χ3n) is 5.74. The summed E-state index contributed by atoms with van der Waals surface area (Å²) in [6.45, 7) is 5.74. The summed E-state index contributed by atoms with van der Waals surface area (Å²) in [6.07, 6.45) is 2.49. The minimum absolute atomic E-state index is 0.123. The summed E-state index contributed by atoms with van der Waals surface area (Å²) in [4.78, 5) is 24.0. The van der Waals surface area contributed by atoms with Gasteiger partial charge in [-0.3, -0.25) is 4.79 Å². The van der Waals surface area contributed by atoms with Gasteiger partial charge < -0.3 is 19.9 Å². The summed E-state index contributed by atoms with van der Waals surface area (Å²) in [7, 11) is 0. The Morgan fingerprint density at radius 3 is 2.32 bits per heavy atom. The molecule has 0 aromatic heterocycles. The minimum atomic E-state index is -1.55. The number of rotatable bonds is 12. The van der Waals surface area contributed by atoms with Gasteiger partial charge in [0.2, 0.25) is 0 Å². The van der Waals surface area contributed by atoms with Gasteiger partial charge in [0.25, 0.3) is 5.91 Å². The van der Waals surface area contributed by atoms with Gasteiger partial charge in [0.05, 0.1) is 12.2 Å². The lowest BCUT2D eigenvalue weighted by Gasteiger charge is -2.22. The van der Waals surface area contributed by atoms with E-state index in [2.05, 4.69) is 12.2 Å². The van der Waals surface area contributed by atoms with Crippen molar-refractivity contribution in [2.45, 2.75) is 45.6 Å². The van der Waals surface area contributed by atoms with Crippen molar-refractivity contribution in [1.82, 2.24) is 5.32 Å². The van der Waals surface area contributed by atoms with Crippen LogP contribution in [0.4, 0.5) is 4.39 Å². The van der Waals surface area contributed by atoms with E-state index < -0.39 is 17.4 Å². The Morgan fingerprint density at radius 1 is 1.00 bits per heavy atom. The fourth-order valence-corrected chi connectivity index (χ4v) is 3.67. The van der Waals surface area contributed by atoms with Gasteiger partial charge in [-0.1, -0.05) is 55.3 Å². The number of carbonyl (C=O) groups is 2. The molecule has 0 unspecified atom stereocenters. The van der Waals surface area contributed by atoms with Gasteiger partial charge in [-0.25, -0.2) is 9.18 Å². The van der Waals surface area contributed by atoms with Crippen LogP contribution in [0.2, 0.25) is 5.02 Å². The maximum Gasteiger partial charge on any atom is 0.347 e. The highest BCUT2D eigenvalue weighted by Gasteiger charge is 2.30. The maximum atomic E-state index is 14.6. The first-order chi connectivity index (χ1) is 17.6. The van der Waals surface area contributed by atoms with Crippen molar-refractivity contribution < 1.29 is 28.6 Å². The summed E-state index contributed by atoms with van der Waals surface area (Å²) in [5.74, 6) is -1.69. The zero-order valence-corrected chi connectivity index (χ0v) is 21.9. The Morgan fingerprint density at radius 2 is 1.68 bits per heavy atom. The van der Waals surface area contributed by atoms with Crippen LogP contribution in [-0.4, -0.2) is 35.7 Å². The highest BCUT2D eigenvalue weighted by atomic mass is 35.5. The monoisotopic (exact) mass is 527 g/mol. The summed E-state index contributed by atoms with van der Waals surface area (Å²) >= 11 is 6.09. The molecule has 0 aliphatic rings. The number of nitrogens with one attached hydrogen (secondary N) is 1. The number of carboxylic acids is 1. The van der Waals surface area contributed by atoms with Crippen molar-refractivity contribution in [1.29, 1.82) is 0 Å². The molecular formula is C29H31ClFNO5. The Balaban J connectivity index is 1.59. The van der Waals surface area contributed by atoms with Crippen LogP contribution in [0, 0.1) is 5.82 Å². The summed E-state index contributed by atoms with van der Waals surface area (Å²) in [5, 5.41) is 12.6. The number of carboxylic acid groups (broad SMARTS) is 1. The number of hydrogen-bond donors (Lipinski definition) is 2. The van der Waals surface area contributed by atoms with Gasteiger partial charge in [0, 0.05) is 11.6 Å². The number of benzene rings is 3. The molecule has 0 aliphatic heterocycles. The second-order valence-electron chi connectivity index (χ2n) is 9.11. The molecule has 0 fully saturated rings. The van der Waals surface area contributed by atoms with Gasteiger partial charge in [-0.05, 0) is 73.7 Å². The molecule has 3 aromatic rings. The average molecular weight is 528 g/mol. The second kappa shape index (κ2) is 12.6. The summed E-state index contributed by atoms with van der Waals surface area (Å²) in [6, 6.07) is 17.0. The Hall–Kier alpha value is -3.58. The fourth-order valence-electron chi connectivity index (χ4n) is 3.49. The number of unbranched alkanes of at least 4 members (excludes halogenated alkanes) is 1. The largest absolute Gasteiger partial charge is 0.493 e. The van der Waals surface area contributed by atoms with Crippen LogP contribution in [0.25, 0.3) is 11.1 Å². The highest BCUT2D eigenvalue weighted by molar-refractivity contribution is 6.31. The Kier molecular flexibility index (Phi) is 9.53. The third kappa shape index (κ3) is 7.70. The number of ether oxygens (including phenoxy) is 2. The van der Waals surface area contributed by atoms with Gasteiger partial charge >= 0.3 is 5.97 Å². The summed E-state index contributed by atoms with van der Waals surface area (Å²) in [5.41, 5.74) is 1.28. The molecule has 1 amide bonds. The molecule has 3 rings (SSSR count).